The Balaban J connectivity index is 2.14. The fraction of sp³-hybridized carbons (Fsp3) is 0.400. The second kappa shape index (κ2) is 6.64. The lowest BCUT2D eigenvalue weighted by atomic mass is 9.94. The van der Waals surface area contributed by atoms with E-state index in [1.165, 1.54) is 24.0 Å². The Kier molecular flexibility index (Phi) is 4.30. The Labute approximate surface area is 156 Å². The van der Waals surface area contributed by atoms with Crippen LogP contribution < -0.4 is 15.9 Å². The van der Waals surface area contributed by atoms with Crippen molar-refractivity contribution in [2.75, 3.05) is 12.8 Å². The summed E-state index contributed by atoms with van der Waals surface area (Å²) >= 11 is 0. The molecular formula is C20H23N4O3+. The molecular weight excluding hydrogens is 344 g/mol. The summed E-state index contributed by atoms with van der Waals surface area (Å²) < 4.78 is 8.29. The van der Waals surface area contributed by atoms with Gasteiger partial charge in [0, 0.05) is 11.8 Å². The van der Waals surface area contributed by atoms with Crippen LogP contribution in [0.3, 0.4) is 0 Å². The zero-order chi connectivity index (χ0) is 19.1. The molecule has 1 saturated carbocycles. The predicted molar refractivity (Wildman–Crippen MR) is 102 cm³/mol. The Hall–Kier alpha value is -2.96. The summed E-state index contributed by atoms with van der Waals surface area (Å²) in [5.74, 6) is -0.237. The molecule has 0 aromatic carbocycles. The number of nitrogens with two attached hydrogens (primary N) is 1. The molecule has 1 fully saturated rings. The molecule has 27 heavy (non-hydrogen) atoms. The number of aromatic nitrogens is 3. The number of ether oxygens (including phenoxy) is 1. The molecule has 0 unspecified atom stereocenters. The van der Waals surface area contributed by atoms with Gasteiger partial charge < -0.3 is 10.5 Å². The first-order chi connectivity index (χ1) is 13.0. The van der Waals surface area contributed by atoms with E-state index in [0.29, 0.717) is 22.5 Å². The van der Waals surface area contributed by atoms with Crippen molar-refractivity contribution in [3.63, 3.8) is 0 Å². The minimum atomic E-state index is -0.548. The fourth-order valence-electron chi connectivity index (χ4n) is 4.05. The number of esters is 1. The second-order valence-corrected chi connectivity index (χ2v) is 7.14. The Morgan fingerprint density at radius 2 is 2.07 bits per heavy atom. The number of hydrogen-bond donors (Lipinski definition) is 1. The van der Waals surface area contributed by atoms with Crippen LogP contribution in [0.25, 0.3) is 16.7 Å². The minimum Gasteiger partial charge on any atom is -0.465 e. The van der Waals surface area contributed by atoms with Gasteiger partial charge in [-0.25, -0.2) is 9.36 Å². The molecule has 7 heteroatoms. The summed E-state index contributed by atoms with van der Waals surface area (Å²) in [4.78, 5) is 30.3. The molecule has 0 bridgehead atoms. The Morgan fingerprint density at radius 1 is 1.33 bits per heavy atom. The van der Waals surface area contributed by atoms with Crippen LogP contribution in [0, 0.1) is 6.92 Å². The van der Waals surface area contributed by atoms with Crippen molar-refractivity contribution >= 4 is 28.5 Å². The highest BCUT2D eigenvalue weighted by Gasteiger charge is 2.30. The molecule has 3 aromatic rings. The molecule has 0 amide bonds. The number of methoxy groups -OCH3 is 1. The highest BCUT2D eigenvalue weighted by molar-refractivity contribution is 5.96. The van der Waals surface area contributed by atoms with E-state index in [0.717, 1.165) is 31.2 Å². The van der Waals surface area contributed by atoms with Gasteiger partial charge in [0.15, 0.2) is 0 Å². The molecule has 0 saturated heterocycles. The normalized spacial score (nSPS) is 15.3. The van der Waals surface area contributed by atoms with Crippen LogP contribution in [0.5, 0.6) is 0 Å². The number of rotatable bonds is 2. The van der Waals surface area contributed by atoms with E-state index >= 15 is 0 Å². The van der Waals surface area contributed by atoms with E-state index in [1.807, 2.05) is 23.6 Å². The van der Waals surface area contributed by atoms with Gasteiger partial charge in [0.1, 0.15) is 10.9 Å². The number of carbonyl (C=O) groups excluding carboxylic acids is 1. The van der Waals surface area contributed by atoms with E-state index in [-0.39, 0.29) is 17.2 Å². The molecule has 7 nitrogen and oxygen atoms in total. The van der Waals surface area contributed by atoms with Crippen LogP contribution in [0.2, 0.25) is 0 Å². The molecule has 4 rings (SSSR count). The quantitative estimate of drug-likeness (QED) is 0.426. The van der Waals surface area contributed by atoms with E-state index in [9.17, 15) is 9.59 Å². The van der Waals surface area contributed by atoms with Crippen molar-refractivity contribution < 1.29 is 14.1 Å². The molecule has 0 atom stereocenters. The van der Waals surface area contributed by atoms with Crippen LogP contribution in [-0.4, -0.2) is 22.5 Å². The van der Waals surface area contributed by atoms with Crippen molar-refractivity contribution in [1.82, 2.24) is 9.38 Å². The maximum absolute atomic E-state index is 13.2. The van der Waals surface area contributed by atoms with Gasteiger partial charge in [-0.3, -0.25) is 9.20 Å². The van der Waals surface area contributed by atoms with Crippen LogP contribution >= 0.6 is 0 Å². The third-order valence-corrected chi connectivity index (χ3v) is 5.46. The number of anilines is 1. The summed E-state index contributed by atoms with van der Waals surface area (Å²) in [6.45, 7) is 1.92. The van der Waals surface area contributed by atoms with Gasteiger partial charge in [0.05, 0.1) is 13.2 Å². The number of aryl methyl sites for hydroxylation is 1. The topological polar surface area (TPSA) is 90.6 Å². The SMILES string of the molecule is COC(=O)c1cc2c(=O)n3cccc(C)c3nc2[n+](C2CCCCC2)c1N. The van der Waals surface area contributed by atoms with E-state index < -0.39 is 5.97 Å². The van der Waals surface area contributed by atoms with Gasteiger partial charge in [-0.2, -0.15) is 0 Å². The lowest BCUT2D eigenvalue weighted by molar-refractivity contribution is -0.689. The summed E-state index contributed by atoms with van der Waals surface area (Å²) in [6.07, 6.45) is 6.95. The lowest BCUT2D eigenvalue weighted by Gasteiger charge is -2.23. The third kappa shape index (κ3) is 2.74. The highest BCUT2D eigenvalue weighted by Crippen LogP contribution is 2.27. The molecule has 0 aliphatic heterocycles. The smallest absolute Gasteiger partial charge is 0.344 e. The second-order valence-electron chi connectivity index (χ2n) is 7.14. The van der Waals surface area contributed by atoms with Gasteiger partial charge in [0.25, 0.3) is 11.2 Å². The van der Waals surface area contributed by atoms with E-state index in [2.05, 4.69) is 0 Å². The average molecular weight is 367 g/mol. The largest absolute Gasteiger partial charge is 0.465 e. The maximum atomic E-state index is 13.2. The van der Waals surface area contributed by atoms with Gasteiger partial charge in [-0.1, -0.05) is 17.5 Å². The molecule has 0 spiro atoms. The van der Waals surface area contributed by atoms with Gasteiger partial charge >= 0.3 is 5.97 Å². The van der Waals surface area contributed by atoms with Crippen LogP contribution in [0.1, 0.15) is 54.1 Å². The monoisotopic (exact) mass is 367 g/mol. The van der Waals surface area contributed by atoms with E-state index in [1.54, 1.807) is 6.20 Å². The number of carbonyl (C=O) groups is 1. The van der Waals surface area contributed by atoms with Crippen LogP contribution in [-0.2, 0) is 4.74 Å². The van der Waals surface area contributed by atoms with Crippen molar-refractivity contribution in [3.05, 3.63) is 45.9 Å². The molecule has 3 aromatic heterocycles. The molecule has 1 aliphatic carbocycles. The van der Waals surface area contributed by atoms with Gasteiger partial charge in [-0.05, 0) is 44.7 Å². The lowest BCUT2D eigenvalue weighted by Crippen LogP contribution is -2.46. The number of hydrogen-bond acceptors (Lipinski definition) is 5. The standard InChI is InChI=1S/C20H22N4O3/c1-12-7-6-10-23-17(12)22-18-15(19(23)25)11-14(20(26)27-2)16(21)24(18)13-8-4-3-5-9-13/h6-7,10-11,13,21H,3-5,8-9H2,1-2H3/p+1. The zero-order valence-electron chi connectivity index (χ0n) is 15.6. The maximum Gasteiger partial charge on any atom is 0.344 e. The van der Waals surface area contributed by atoms with Crippen molar-refractivity contribution in [1.29, 1.82) is 0 Å². The molecule has 2 N–H and O–H groups in total. The summed E-state index contributed by atoms with van der Waals surface area (Å²) in [7, 11) is 1.31. The first-order valence-corrected chi connectivity index (χ1v) is 9.27. The fourth-order valence-corrected chi connectivity index (χ4v) is 4.05. The van der Waals surface area contributed by atoms with Crippen molar-refractivity contribution in [3.8, 4) is 0 Å². The van der Waals surface area contributed by atoms with Gasteiger partial charge in [0.2, 0.25) is 11.5 Å². The Morgan fingerprint density at radius 3 is 2.78 bits per heavy atom. The number of nitrogens with zero attached hydrogens (tertiary/aromatic N) is 3. The summed E-state index contributed by atoms with van der Waals surface area (Å²) in [5, 5.41) is 0.373. The number of nitrogen functional groups attached to an aromatic ring is 1. The predicted octanol–water partition coefficient (Wildman–Crippen LogP) is 2.32. The molecule has 0 radical (unpaired) electrons. The number of fused-ring (bicyclic) bond motifs is 2. The molecule has 1 aliphatic rings. The number of pyridine rings is 2. The van der Waals surface area contributed by atoms with Crippen LogP contribution in [0.15, 0.2) is 29.2 Å². The summed E-state index contributed by atoms with van der Waals surface area (Å²) in [5.41, 5.74) is 8.44. The van der Waals surface area contributed by atoms with Crippen molar-refractivity contribution in [2.24, 2.45) is 0 Å². The summed E-state index contributed by atoms with van der Waals surface area (Å²) in [6, 6.07) is 5.36. The Bertz CT molecular complexity index is 1110. The molecule has 3 heterocycles. The first-order valence-electron chi connectivity index (χ1n) is 9.27. The average Bonchev–Trinajstić information content (AvgIpc) is 2.69. The van der Waals surface area contributed by atoms with Crippen LogP contribution in [0.4, 0.5) is 5.82 Å². The minimum absolute atomic E-state index is 0.115. The van der Waals surface area contributed by atoms with Gasteiger partial charge in [-0.15, -0.1) is 0 Å². The van der Waals surface area contributed by atoms with E-state index in [4.69, 9.17) is 15.5 Å². The zero-order valence-corrected chi connectivity index (χ0v) is 15.6. The third-order valence-electron chi connectivity index (χ3n) is 5.46. The molecule has 140 valence electrons. The van der Waals surface area contributed by atoms with Crippen molar-refractivity contribution in [2.45, 2.75) is 45.1 Å². The first kappa shape index (κ1) is 17.5. The highest BCUT2D eigenvalue weighted by atomic mass is 16.5.